The molecular weight excluding hydrogens is 245 g/mol. The predicted octanol–water partition coefficient (Wildman–Crippen LogP) is 0.475. The molecule has 0 unspecified atom stereocenters. The van der Waals surface area contributed by atoms with Gasteiger partial charge in [-0.05, 0) is 0 Å². The van der Waals surface area contributed by atoms with E-state index in [1.807, 2.05) is 5.32 Å². The fraction of sp³-hybridized carbons (Fsp3) is 0.143. The van der Waals surface area contributed by atoms with Crippen LogP contribution in [-0.2, 0) is 4.79 Å². The van der Waals surface area contributed by atoms with Crippen molar-refractivity contribution in [2.45, 2.75) is 6.92 Å². The van der Waals surface area contributed by atoms with Gasteiger partial charge in [0, 0.05) is 6.92 Å². The van der Waals surface area contributed by atoms with Gasteiger partial charge in [-0.2, -0.15) is 23.1 Å². The Bertz CT molecular complexity index is 437. The Morgan fingerprint density at radius 1 is 1.29 bits per heavy atom. The third kappa shape index (κ3) is 5.92. The number of carbonyl (C=O) groups excluding carboxylic acids is 1. The van der Waals surface area contributed by atoms with Crippen LogP contribution in [0.4, 0.5) is 23.8 Å². The van der Waals surface area contributed by atoms with Gasteiger partial charge in [-0.3, -0.25) is 4.79 Å². The van der Waals surface area contributed by atoms with Gasteiger partial charge in [-0.25, -0.2) is 4.79 Å². The lowest BCUT2D eigenvalue weighted by Gasteiger charge is -2.01. The maximum atomic E-state index is 12.7. The van der Waals surface area contributed by atoms with Crippen LogP contribution in [0.15, 0.2) is 0 Å². The SMILES string of the molecule is CC(=O)Nc1nc(F)nc(F)c1F.NC(=O)O. The number of nitrogens with one attached hydrogen (secondary N) is 1. The fourth-order valence-corrected chi connectivity index (χ4v) is 0.644. The minimum absolute atomic E-state index is 0.684. The van der Waals surface area contributed by atoms with Crippen LogP contribution in [-0.4, -0.2) is 27.1 Å². The molecule has 10 heteroatoms. The van der Waals surface area contributed by atoms with Gasteiger partial charge < -0.3 is 16.2 Å². The molecule has 0 aliphatic carbocycles. The van der Waals surface area contributed by atoms with E-state index in [9.17, 15) is 18.0 Å². The number of halogens is 3. The molecule has 1 aromatic heterocycles. The summed E-state index contributed by atoms with van der Waals surface area (Å²) in [5, 5.41) is 9.00. The van der Waals surface area contributed by atoms with Gasteiger partial charge in [0.05, 0.1) is 0 Å². The third-order valence-corrected chi connectivity index (χ3v) is 1.08. The molecule has 0 saturated heterocycles. The van der Waals surface area contributed by atoms with E-state index in [1.165, 1.54) is 0 Å². The van der Waals surface area contributed by atoms with E-state index in [2.05, 4.69) is 15.7 Å². The van der Waals surface area contributed by atoms with Gasteiger partial charge in [0.15, 0.2) is 5.82 Å². The van der Waals surface area contributed by atoms with Crippen molar-refractivity contribution in [3.63, 3.8) is 0 Å². The van der Waals surface area contributed by atoms with Crippen molar-refractivity contribution < 1.29 is 27.9 Å². The van der Waals surface area contributed by atoms with Crippen molar-refractivity contribution >= 4 is 17.8 Å². The number of hydrogen-bond acceptors (Lipinski definition) is 4. The normalized spacial score (nSPS) is 8.94. The minimum atomic E-state index is -1.64. The second kappa shape index (κ2) is 6.25. The zero-order valence-corrected chi connectivity index (χ0v) is 8.37. The van der Waals surface area contributed by atoms with Crippen molar-refractivity contribution in [3.05, 3.63) is 17.8 Å². The first-order valence-electron chi connectivity index (χ1n) is 3.88. The van der Waals surface area contributed by atoms with Crippen LogP contribution in [0.25, 0.3) is 0 Å². The van der Waals surface area contributed by atoms with Crippen LogP contribution in [0.1, 0.15) is 6.92 Å². The number of nitrogens with zero attached hydrogens (tertiary/aromatic N) is 2. The smallest absolute Gasteiger partial charge is 0.402 e. The molecule has 0 fully saturated rings. The minimum Gasteiger partial charge on any atom is -0.465 e. The van der Waals surface area contributed by atoms with Crippen LogP contribution < -0.4 is 11.1 Å². The molecule has 1 rings (SSSR count). The average molecular weight is 252 g/mol. The number of carbonyl (C=O) groups is 2. The Hall–Kier alpha value is -2.39. The van der Waals surface area contributed by atoms with Crippen LogP contribution >= 0.6 is 0 Å². The summed E-state index contributed by atoms with van der Waals surface area (Å²) in [6.07, 6.45) is -2.78. The summed E-state index contributed by atoms with van der Waals surface area (Å²) in [5.41, 5.74) is 4.03. The zero-order chi connectivity index (χ0) is 13.6. The van der Waals surface area contributed by atoms with Crippen LogP contribution in [0.5, 0.6) is 0 Å². The van der Waals surface area contributed by atoms with Gasteiger partial charge >= 0.3 is 12.2 Å². The van der Waals surface area contributed by atoms with Crippen molar-refractivity contribution in [2.75, 3.05) is 5.32 Å². The quantitative estimate of drug-likeness (QED) is 0.496. The van der Waals surface area contributed by atoms with E-state index in [0.29, 0.717) is 0 Å². The van der Waals surface area contributed by atoms with Gasteiger partial charge in [0.2, 0.25) is 11.7 Å². The number of amides is 2. The molecule has 0 saturated carbocycles. The summed E-state index contributed by atoms with van der Waals surface area (Å²) >= 11 is 0. The number of aromatic nitrogens is 2. The average Bonchev–Trinajstić information content (AvgIpc) is 2.11. The van der Waals surface area contributed by atoms with Crippen LogP contribution in [0.2, 0.25) is 0 Å². The highest BCUT2D eigenvalue weighted by Gasteiger charge is 2.14. The molecule has 0 aromatic carbocycles. The first-order valence-corrected chi connectivity index (χ1v) is 3.88. The second-order valence-electron chi connectivity index (χ2n) is 2.47. The van der Waals surface area contributed by atoms with E-state index in [0.717, 1.165) is 6.92 Å². The Kier molecular flexibility index (Phi) is 5.37. The van der Waals surface area contributed by atoms with E-state index < -0.39 is 35.7 Å². The van der Waals surface area contributed by atoms with Gasteiger partial charge in [0.1, 0.15) is 0 Å². The number of nitrogens with two attached hydrogens (primary N) is 1. The third-order valence-electron chi connectivity index (χ3n) is 1.08. The van der Waals surface area contributed by atoms with E-state index >= 15 is 0 Å². The molecule has 7 nitrogen and oxygen atoms in total. The van der Waals surface area contributed by atoms with Crippen molar-refractivity contribution in [3.8, 4) is 0 Å². The highest BCUT2D eigenvalue weighted by molar-refractivity contribution is 5.87. The van der Waals surface area contributed by atoms with Crippen molar-refractivity contribution in [1.82, 2.24) is 9.97 Å². The predicted molar refractivity (Wildman–Crippen MR) is 48.4 cm³/mol. The Labute approximate surface area is 92.5 Å². The van der Waals surface area contributed by atoms with Gasteiger partial charge in [0.25, 0.3) is 5.95 Å². The first kappa shape index (κ1) is 14.6. The number of anilines is 1. The number of rotatable bonds is 1. The molecule has 94 valence electrons. The topological polar surface area (TPSA) is 118 Å². The summed E-state index contributed by atoms with van der Waals surface area (Å²) in [5.74, 6) is -4.62. The zero-order valence-electron chi connectivity index (χ0n) is 8.37. The molecule has 1 aromatic rings. The highest BCUT2D eigenvalue weighted by Crippen LogP contribution is 2.12. The van der Waals surface area contributed by atoms with Crippen molar-refractivity contribution in [1.29, 1.82) is 0 Å². The molecule has 4 N–H and O–H groups in total. The van der Waals surface area contributed by atoms with Gasteiger partial charge in [-0.15, -0.1) is 0 Å². The molecule has 0 aliphatic rings. The maximum absolute atomic E-state index is 12.7. The van der Waals surface area contributed by atoms with Crippen molar-refractivity contribution in [2.24, 2.45) is 5.73 Å². The van der Waals surface area contributed by atoms with E-state index in [1.54, 1.807) is 0 Å². The Morgan fingerprint density at radius 3 is 2.18 bits per heavy atom. The lowest BCUT2D eigenvalue weighted by molar-refractivity contribution is -0.114. The molecular formula is C7H7F3N4O3. The largest absolute Gasteiger partial charge is 0.465 e. The summed E-state index contributed by atoms with van der Waals surface area (Å²) < 4.78 is 37.3. The Balaban J connectivity index is 0.000000557. The summed E-state index contributed by atoms with van der Waals surface area (Å²) in [6, 6.07) is 0. The highest BCUT2D eigenvalue weighted by atomic mass is 19.2. The summed E-state index contributed by atoms with van der Waals surface area (Å²) in [7, 11) is 0. The first-order chi connectivity index (χ1) is 7.73. The lowest BCUT2D eigenvalue weighted by atomic mass is 10.5. The number of carboxylic acid groups (broad SMARTS) is 1. The molecule has 0 aliphatic heterocycles. The van der Waals surface area contributed by atoms with Gasteiger partial charge in [-0.1, -0.05) is 0 Å². The number of primary amides is 1. The van der Waals surface area contributed by atoms with Crippen LogP contribution in [0.3, 0.4) is 0 Å². The molecule has 0 atom stereocenters. The fourth-order valence-electron chi connectivity index (χ4n) is 0.644. The van der Waals surface area contributed by atoms with E-state index in [4.69, 9.17) is 9.90 Å². The monoisotopic (exact) mass is 252 g/mol. The molecule has 2 amide bonds. The second-order valence-corrected chi connectivity index (χ2v) is 2.47. The summed E-state index contributed by atoms with van der Waals surface area (Å²) in [6.45, 7) is 1.05. The molecule has 17 heavy (non-hydrogen) atoms. The molecule has 0 radical (unpaired) electrons. The number of hydrogen-bond donors (Lipinski definition) is 3. The molecule has 1 heterocycles. The summed E-state index contributed by atoms with van der Waals surface area (Å²) in [4.78, 5) is 24.5. The lowest BCUT2D eigenvalue weighted by Crippen LogP contribution is -2.12. The van der Waals surface area contributed by atoms with E-state index in [-0.39, 0.29) is 0 Å². The molecule has 0 spiro atoms. The standard InChI is InChI=1S/C6H4F3N3O.CH3NO2/c1-2(13)10-5-3(7)4(8)11-6(9)12-5;2-1(3)4/h1H3,(H,10,11,12,13);2H2,(H,3,4). The maximum Gasteiger partial charge on any atom is 0.402 e. The molecule has 0 bridgehead atoms. The van der Waals surface area contributed by atoms with Crippen LogP contribution in [0, 0.1) is 17.8 Å². The Morgan fingerprint density at radius 2 is 1.76 bits per heavy atom.